The molecular formula is C10H12N6. The normalized spacial score (nSPS) is 10.1. The molecule has 0 aromatic carbocycles. The summed E-state index contributed by atoms with van der Waals surface area (Å²) in [5.74, 6) is 0.609. The Balaban J connectivity index is 2.02. The summed E-state index contributed by atoms with van der Waals surface area (Å²) in [6.45, 7) is 2.43. The zero-order valence-electron chi connectivity index (χ0n) is 8.88. The van der Waals surface area contributed by atoms with Crippen LogP contribution in [0.25, 0.3) is 0 Å². The fourth-order valence-electron chi connectivity index (χ4n) is 1.17. The van der Waals surface area contributed by atoms with Gasteiger partial charge in [0.2, 0.25) is 0 Å². The zero-order valence-corrected chi connectivity index (χ0v) is 8.88. The van der Waals surface area contributed by atoms with Gasteiger partial charge in [0.1, 0.15) is 6.33 Å². The highest BCUT2D eigenvalue weighted by molar-refractivity contribution is 5.58. The van der Waals surface area contributed by atoms with Crippen molar-refractivity contribution in [1.29, 1.82) is 0 Å². The van der Waals surface area contributed by atoms with Crippen LogP contribution in [0.1, 0.15) is 11.4 Å². The topological polar surface area (TPSA) is 89.6 Å². The van der Waals surface area contributed by atoms with E-state index in [1.165, 1.54) is 6.33 Å². The van der Waals surface area contributed by atoms with Crippen molar-refractivity contribution >= 4 is 11.5 Å². The van der Waals surface area contributed by atoms with E-state index in [1.807, 2.05) is 6.92 Å². The number of nitrogens with one attached hydrogen (secondary N) is 1. The standard InChI is InChI=1S/C10H12N6/c1-7-2-14-8(3-13-7)4-15-10-9(11)5-12-6-16-10/h2-3,5-6H,4,11H2,1H3,(H,12,15,16). The summed E-state index contributed by atoms with van der Waals surface area (Å²) >= 11 is 0. The van der Waals surface area contributed by atoms with E-state index in [4.69, 9.17) is 5.73 Å². The molecule has 0 saturated heterocycles. The molecule has 0 aliphatic heterocycles. The SMILES string of the molecule is Cc1cnc(CNc2ncncc2N)cn1. The van der Waals surface area contributed by atoms with E-state index in [-0.39, 0.29) is 0 Å². The number of nitrogen functional groups attached to an aromatic ring is 1. The summed E-state index contributed by atoms with van der Waals surface area (Å²) in [5.41, 5.74) is 7.93. The Labute approximate surface area is 93.0 Å². The number of aryl methyl sites for hydroxylation is 1. The number of aromatic nitrogens is 4. The van der Waals surface area contributed by atoms with E-state index in [1.54, 1.807) is 18.6 Å². The minimum absolute atomic E-state index is 0.516. The molecule has 2 heterocycles. The predicted octanol–water partition coefficient (Wildman–Crippen LogP) is 0.769. The van der Waals surface area contributed by atoms with Gasteiger partial charge in [-0.25, -0.2) is 9.97 Å². The number of hydrogen-bond acceptors (Lipinski definition) is 6. The molecule has 0 fully saturated rings. The molecule has 82 valence electrons. The second kappa shape index (κ2) is 4.52. The third kappa shape index (κ3) is 2.41. The van der Waals surface area contributed by atoms with Crippen LogP contribution in [-0.2, 0) is 6.54 Å². The van der Waals surface area contributed by atoms with Gasteiger partial charge in [-0.1, -0.05) is 0 Å². The highest BCUT2D eigenvalue weighted by Gasteiger charge is 2.00. The summed E-state index contributed by atoms with van der Waals surface area (Å²) in [6.07, 6.45) is 6.44. The molecular weight excluding hydrogens is 204 g/mol. The molecule has 16 heavy (non-hydrogen) atoms. The molecule has 0 atom stereocenters. The van der Waals surface area contributed by atoms with Crippen LogP contribution >= 0.6 is 0 Å². The van der Waals surface area contributed by atoms with E-state index in [9.17, 15) is 0 Å². The lowest BCUT2D eigenvalue weighted by molar-refractivity contribution is 0.974. The van der Waals surface area contributed by atoms with Crippen molar-refractivity contribution in [2.45, 2.75) is 13.5 Å². The van der Waals surface area contributed by atoms with E-state index in [0.717, 1.165) is 11.4 Å². The van der Waals surface area contributed by atoms with Gasteiger partial charge in [0.15, 0.2) is 5.82 Å². The Morgan fingerprint density at radius 1 is 1.19 bits per heavy atom. The lowest BCUT2D eigenvalue weighted by atomic mass is 10.4. The van der Waals surface area contributed by atoms with Gasteiger partial charge in [-0.15, -0.1) is 0 Å². The fourth-order valence-corrected chi connectivity index (χ4v) is 1.17. The van der Waals surface area contributed by atoms with Gasteiger partial charge in [0, 0.05) is 6.20 Å². The zero-order chi connectivity index (χ0) is 11.4. The molecule has 0 amide bonds. The molecule has 0 unspecified atom stereocenters. The average molecular weight is 216 g/mol. The maximum Gasteiger partial charge on any atom is 0.152 e. The molecule has 2 rings (SSSR count). The molecule has 2 aromatic heterocycles. The van der Waals surface area contributed by atoms with Gasteiger partial charge in [0.05, 0.1) is 36.0 Å². The number of anilines is 2. The molecule has 3 N–H and O–H groups in total. The molecule has 2 aromatic rings. The lowest BCUT2D eigenvalue weighted by Gasteiger charge is -2.06. The first-order valence-corrected chi connectivity index (χ1v) is 4.82. The Morgan fingerprint density at radius 3 is 2.75 bits per heavy atom. The molecule has 0 spiro atoms. The second-order valence-corrected chi connectivity index (χ2v) is 3.33. The molecule has 6 nitrogen and oxygen atoms in total. The van der Waals surface area contributed by atoms with Crippen LogP contribution in [0.3, 0.4) is 0 Å². The first kappa shape index (κ1) is 10.3. The number of nitrogens with zero attached hydrogens (tertiary/aromatic N) is 4. The van der Waals surface area contributed by atoms with Gasteiger partial charge in [0.25, 0.3) is 0 Å². The van der Waals surface area contributed by atoms with E-state index < -0.39 is 0 Å². The van der Waals surface area contributed by atoms with Gasteiger partial charge in [-0.05, 0) is 6.92 Å². The minimum atomic E-state index is 0.516. The Bertz CT molecular complexity index is 467. The fraction of sp³-hybridized carbons (Fsp3) is 0.200. The quantitative estimate of drug-likeness (QED) is 0.787. The summed E-state index contributed by atoms with van der Waals surface area (Å²) in [4.78, 5) is 16.2. The predicted molar refractivity (Wildman–Crippen MR) is 60.5 cm³/mol. The first-order valence-electron chi connectivity index (χ1n) is 4.82. The molecule has 0 radical (unpaired) electrons. The Morgan fingerprint density at radius 2 is 2.06 bits per heavy atom. The largest absolute Gasteiger partial charge is 0.394 e. The van der Waals surface area contributed by atoms with Gasteiger partial charge in [-0.2, -0.15) is 0 Å². The number of rotatable bonds is 3. The van der Waals surface area contributed by atoms with Crippen LogP contribution in [0.5, 0.6) is 0 Å². The molecule has 0 bridgehead atoms. The third-order valence-electron chi connectivity index (χ3n) is 2.01. The van der Waals surface area contributed by atoms with Crippen molar-refractivity contribution in [2.24, 2.45) is 0 Å². The molecule has 0 aliphatic carbocycles. The van der Waals surface area contributed by atoms with Gasteiger partial charge >= 0.3 is 0 Å². The Hall–Kier alpha value is -2.24. The van der Waals surface area contributed by atoms with Crippen LogP contribution in [0, 0.1) is 6.92 Å². The minimum Gasteiger partial charge on any atom is -0.394 e. The van der Waals surface area contributed by atoms with Crippen LogP contribution in [0.15, 0.2) is 24.9 Å². The second-order valence-electron chi connectivity index (χ2n) is 3.33. The van der Waals surface area contributed by atoms with Crippen LogP contribution in [0.2, 0.25) is 0 Å². The Kier molecular flexibility index (Phi) is 2.90. The maximum absolute atomic E-state index is 5.69. The highest BCUT2D eigenvalue weighted by atomic mass is 15.0. The van der Waals surface area contributed by atoms with E-state index in [0.29, 0.717) is 18.1 Å². The summed E-state index contributed by atoms with van der Waals surface area (Å²) in [5, 5.41) is 3.07. The van der Waals surface area contributed by atoms with Crippen LogP contribution in [0.4, 0.5) is 11.5 Å². The van der Waals surface area contributed by atoms with Crippen molar-refractivity contribution in [3.63, 3.8) is 0 Å². The lowest BCUT2D eigenvalue weighted by Crippen LogP contribution is -2.06. The smallest absolute Gasteiger partial charge is 0.152 e. The van der Waals surface area contributed by atoms with Crippen molar-refractivity contribution in [3.8, 4) is 0 Å². The third-order valence-corrected chi connectivity index (χ3v) is 2.01. The van der Waals surface area contributed by atoms with Crippen molar-refractivity contribution in [2.75, 3.05) is 11.1 Å². The van der Waals surface area contributed by atoms with Crippen LogP contribution in [-0.4, -0.2) is 19.9 Å². The molecule has 0 saturated carbocycles. The maximum atomic E-state index is 5.69. The molecule has 0 aliphatic rings. The monoisotopic (exact) mass is 216 g/mol. The van der Waals surface area contributed by atoms with Crippen molar-refractivity contribution in [1.82, 2.24) is 19.9 Å². The van der Waals surface area contributed by atoms with E-state index >= 15 is 0 Å². The average Bonchev–Trinajstić information content (AvgIpc) is 2.30. The number of nitrogens with two attached hydrogens (primary N) is 1. The van der Waals surface area contributed by atoms with E-state index in [2.05, 4.69) is 25.3 Å². The summed E-state index contributed by atoms with van der Waals surface area (Å²) in [7, 11) is 0. The van der Waals surface area contributed by atoms with Gasteiger partial charge < -0.3 is 11.1 Å². The summed E-state index contributed by atoms with van der Waals surface area (Å²) in [6, 6.07) is 0. The van der Waals surface area contributed by atoms with Crippen LogP contribution < -0.4 is 11.1 Å². The first-order chi connectivity index (χ1) is 7.75. The van der Waals surface area contributed by atoms with Crippen molar-refractivity contribution in [3.05, 3.63) is 36.3 Å². The summed E-state index contributed by atoms with van der Waals surface area (Å²) < 4.78 is 0. The molecule has 6 heteroatoms. The highest BCUT2D eigenvalue weighted by Crippen LogP contribution is 2.11. The number of hydrogen-bond donors (Lipinski definition) is 2. The van der Waals surface area contributed by atoms with Gasteiger partial charge in [-0.3, -0.25) is 9.97 Å². The van der Waals surface area contributed by atoms with Crippen molar-refractivity contribution < 1.29 is 0 Å².